The van der Waals surface area contributed by atoms with Crippen molar-refractivity contribution in [2.24, 2.45) is 5.41 Å². The van der Waals surface area contributed by atoms with Crippen molar-refractivity contribution < 1.29 is 0 Å². The molecule has 1 saturated heterocycles. The van der Waals surface area contributed by atoms with Crippen LogP contribution in [-0.4, -0.2) is 5.66 Å². The van der Waals surface area contributed by atoms with Crippen LogP contribution in [-0.2, 0) is 0 Å². The molecule has 1 aliphatic rings. The summed E-state index contributed by atoms with van der Waals surface area (Å²) in [5.41, 5.74) is 6.99. The SMILES string of the molecule is CC(C)(C)CCC1(C)NN1. The Labute approximate surface area is 63.4 Å². The molecule has 1 heterocycles. The normalized spacial score (nSPS) is 22.8. The lowest BCUT2D eigenvalue weighted by atomic mass is 9.88. The van der Waals surface area contributed by atoms with Crippen LogP contribution >= 0.6 is 0 Å². The standard InChI is InChI=1S/C8H18N2/c1-7(2,3)5-6-8(4)9-10-8/h9-10H,5-6H2,1-4H3. The summed E-state index contributed by atoms with van der Waals surface area (Å²) in [5, 5.41) is 0. The monoisotopic (exact) mass is 142 g/mol. The van der Waals surface area contributed by atoms with E-state index in [2.05, 4.69) is 38.5 Å². The molecule has 0 amide bonds. The quantitative estimate of drug-likeness (QED) is 0.576. The van der Waals surface area contributed by atoms with E-state index in [0.717, 1.165) is 0 Å². The van der Waals surface area contributed by atoms with E-state index < -0.39 is 0 Å². The second-order valence-electron chi connectivity index (χ2n) is 4.64. The van der Waals surface area contributed by atoms with Gasteiger partial charge in [0.1, 0.15) is 0 Å². The van der Waals surface area contributed by atoms with Crippen LogP contribution in [0.5, 0.6) is 0 Å². The molecule has 60 valence electrons. The molecule has 0 aromatic carbocycles. The van der Waals surface area contributed by atoms with Gasteiger partial charge in [-0.3, -0.25) is 0 Å². The predicted octanol–water partition coefficient (Wildman–Crippen LogP) is 1.64. The molecule has 0 radical (unpaired) electrons. The van der Waals surface area contributed by atoms with Gasteiger partial charge in [-0.1, -0.05) is 20.8 Å². The van der Waals surface area contributed by atoms with E-state index in [9.17, 15) is 0 Å². The number of rotatable bonds is 2. The molecule has 10 heavy (non-hydrogen) atoms. The maximum Gasteiger partial charge on any atom is 0.0915 e. The minimum absolute atomic E-state index is 0.257. The molecule has 0 atom stereocenters. The lowest BCUT2D eigenvalue weighted by Crippen LogP contribution is -2.16. The Morgan fingerprint density at radius 3 is 2.00 bits per heavy atom. The van der Waals surface area contributed by atoms with E-state index in [-0.39, 0.29) is 5.66 Å². The van der Waals surface area contributed by atoms with Gasteiger partial charge in [-0.25, -0.2) is 10.9 Å². The first kappa shape index (κ1) is 8.02. The van der Waals surface area contributed by atoms with Gasteiger partial charge in [-0.05, 0) is 25.2 Å². The van der Waals surface area contributed by atoms with E-state index in [1.54, 1.807) is 0 Å². The third-order valence-corrected chi connectivity index (χ3v) is 1.93. The summed E-state index contributed by atoms with van der Waals surface area (Å²) in [4.78, 5) is 0. The molecule has 0 aromatic heterocycles. The molecule has 0 aromatic rings. The van der Waals surface area contributed by atoms with Gasteiger partial charge in [0, 0.05) is 0 Å². The van der Waals surface area contributed by atoms with Gasteiger partial charge in [0.15, 0.2) is 0 Å². The van der Waals surface area contributed by atoms with Crippen molar-refractivity contribution in [2.45, 2.75) is 46.2 Å². The molecule has 0 aliphatic carbocycles. The van der Waals surface area contributed by atoms with E-state index in [0.29, 0.717) is 5.41 Å². The maximum absolute atomic E-state index is 3.13. The van der Waals surface area contributed by atoms with Gasteiger partial charge in [-0.2, -0.15) is 0 Å². The first-order valence-corrected chi connectivity index (χ1v) is 3.96. The molecule has 0 bridgehead atoms. The summed E-state index contributed by atoms with van der Waals surface area (Å²) in [6.45, 7) is 9.02. The molecule has 1 fully saturated rings. The van der Waals surface area contributed by atoms with Crippen molar-refractivity contribution in [1.29, 1.82) is 0 Å². The van der Waals surface area contributed by atoms with E-state index >= 15 is 0 Å². The minimum atomic E-state index is 0.257. The summed E-state index contributed by atoms with van der Waals surface area (Å²) in [5.74, 6) is 0. The predicted molar refractivity (Wildman–Crippen MR) is 43.4 cm³/mol. The molecule has 1 aliphatic heterocycles. The number of hydrogen-bond acceptors (Lipinski definition) is 2. The van der Waals surface area contributed by atoms with Crippen molar-refractivity contribution in [3.63, 3.8) is 0 Å². The average molecular weight is 142 g/mol. The summed E-state index contributed by atoms with van der Waals surface area (Å²) in [7, 11) is 0. The zero-order valence-corrected chi connectivity index (χ0v) is 7.41. The van der Waals surface area contributed by atoms with Crippen LogP contribution in [0.15, 0.2) is 0 Å². The zero-order chi connectivity index (χ0) is 7.83. The average Bonchev–Trinajstić information content (AvgIpc) is 2.43. The highest BCUT2D eigenvalue weighted by molar-refractivity contribution is 4.89. The van der Waals surface area contributed by atoms with Crippen molar-refractivity contribution in [3.8, 4) is 0 Å². The number of hydrazine groups is 1. The molecule has 2 heteroatoms. The fraction of sp³-hybridized carbons (Fsp3) is 1.00. The summed E-state index contributed by atoms with van der Waals surface area (Å²) >= 11 is 0. The van der Waals surface area contributed by atoms with Crippen molar-refractivity contribution >= 4 is 0 Å². The van der Waals surface area contributed by atoms with E-state index in [1.807, 2.05) is 0 Å². The molecule has 0 spiro atoms. The lowest BCUT2D eigenvalue weighted by Gasteiger charge is -2.18. The van der Waals surface area contributed by atoms with Gasteiger partial charge in [0.2, 0.25) is 0 Å². The van der Waals surface area contributed by atoms with Gasteiger partial charge >= 0.3 is 0 Å². The van der Waals surface area contributed by atoms with Crippen LogP contribution in [0.2, 0.25) is 0 Å². The highest BCUT2D eigenvalue weighted by Gasteiger charge is 2.36. The van der Waals surface area contributed by atoms with Crippen LogP contribution in [0.25, 0.3) is 0 Å². The van der Waals surface area contributed by atoms with Gasteiger partial charge < -0.3 is 0 Å². The molecule has 2 N–H and O–H groups in total. The molecular weight excluding hydrogens is 124 g/mol. The van der Waals surface area contributed by atoms with Crippen LogP contribution in [0.4, 0.5) is 0 Å². The van der Waals surface area contributed by atoms with Crippen LogP contribution < -0.4 is 10.9 Å². The first-order valence-electron chi connectivity index (χ1n) is 3.96. The summed E-state index contributed by atoms with van der Waals surface area (Å²) < 4.78 is 0. The number of nitrogens with one attached hydrogen (secondary N) is 2. The zero-order valence-electron chi connectivity index (χ0n) is 7.41. The molecule has 0 saturated carbocycles. The molecular formula is C8H18N2. The van der Waals surface area contributed by atoms with Crippen molar-refractivity contribution in [3.05, 3.63) is 0 Å². The van der Waals surface area contributed by atoms with Crippen LogP contribution in [0.3, 0.4) is 0 Å². The largest absolute Gasteiger partial charge is 0.235 e. The fourth-order valence-corrected chi connectivity index (χ4v) is 0.857. The Kier molecular flexibility index (Phi) is 1.77. The summed E-state index contributed by atoms with van der Waals surface area (Å²) in [6, 6.07) is 0. The van der Waals surface area contributed by atoms with Crippen LogP contribution in [0.1, 0.15) is 40.5 Å². The highest BCUT2D eigenvalue weighted by Crippen LogP contribution is 2.26. The van der Waals surface area contributed by atoms with Gasteiger partial charge in [-0.15, -0.1) is 0 Å². The number of hydrogen-bond donors (Lipinski definition) is 2. The van der Waals surface area contributed by atoms with Crippen molar-refractivity contribution in [2.75, 3.05) is 0 Å². The maximum atomic E-state index is 3.13. The van der Waals surface area contributed by atoms with E-state index in [4.69, 9.17) is 0 Å². The Balaban J connectivity index is 2.17. The first-order chi connectivity index (χ1) is 4.41. The second-order valence-corrected chi connectivity index (χ2v) is 4.64. The highest BCUT2D eigenvalue weighted by atomic mass is 15.7. The Morgan fingerprint density at radius 2 is 1.70 bits per heavy atom. The van der Waals surface area contributed by atoms with Gasteiger partial charge in [0.05, 0.1) is 5.66 Å². The molecule has 1 rings (SSSR count). The molecule has 2 nitrogen and oxygen atoms in total. The summed E-state index contributed by atoms with van der Waals surface area (Å²) in [6.07, 6.45) is 2.49. The van der Waals surface area contributed by atoms with Gasteiger partial charge in [0.25, 0.3) is 0 Å². The van der Waals surface area contributed by atoms with Crippen LogP contribution in [0, 0.1) is 5.41 Å². The minimum Gasteiger partial charge on any atom is -0.235 e. The lowest BCUT2D eigenvalue weighted by molar-refractivity contribution is 0.342. The smallest absolute Gasteiger partial charge is 0.0915 e. The second kappa shape index (κ2) is 2.21. The molecule has 0 unspecified atom stereocenters. The Hall–Kier alpha value is -0.0800. The topological polar surface area (TPSA) is 43.9 Å². The third-order valence-electron chi connectivity index (χ3n) is 1.93. The Morgan fingerprint density at radius 1 is 1.20 bits per heavy atom. The van der Waals surface area contributed by atoms with E-state index in [1.165, 1.54) is 12.8 Å². The fourth-order valence-electron chi connectivity index (χ4n) is 0.857. The Bertz CT molecular complexity index is 114. The van der Waals surface area contributed by atoms with Crippen molar-refractivity contribution in [1.82, 2.24) is 10.9 Å². The third kappa shape index (κ3) is 2.67.